The minimum Gasteiger partial charge on any atom is -0.355 e. The van der Waals surface area contributed by atoms with Crippen LogP contribution in [-0.4, -0.2) is 30.5 Å². The van der Waals surface area contributed by atoms with Gasteiger partial charge in [0.25, 0.3) is 5.69 Å². The molecule has 0 spiro atoms. The van der Waals surface area contributed by atoms with E-state index in [1.807, 2.05) is 0 Å². The molecule has 1 heterocycles. The zero-order valence-corrected chi connectivity index (χ0v) is 11.8. The summed E-state index contributed by atoms with van der Waals surface area (Å²) in [5.74, 6) is 0.474. The highest BCUT2D eigenvalue weighted by Gasteiger charge is 2.15. The minimum absolute atomic E-state index is 0. The van der Waals surface area contributed by atoms with E-state index in [2.05, 4.69) is 10.6 Å². The van der Waals surface area contributed by atoms with Crippen LogP contribution in [0.5, 0.6) is 0 Å². The molecule has 0 radical (unpaired) electrons. The molecule has 7 heteroatoms. The van der Waals surface area contributed by atoms with Crippen LogP contribution in [0.15, 0.2) is 24.3 Å². The summed E-state index contributed by atoms with van der Waals surface area (Å²) in [5.41, 5.74) is 0.828. The average Bonchev–Trinajstić information content (AvgIpc) is 2.90. The van der Waals surface area contributed by atoms with Crippen LogP contribution in [0.3, 0.4) is 0 Å². The van der Waals surface area contributed by atoms with Crippen molar-refractivity contribution in [1.29, 1.82) is 0 Å². The van der Waals surface area contributed by atoms with Crippen LogP contribution in [-0.2, 0) is 11.2 Å². The number of hydrogen-bond donors (Lipinski definition) is 2. The number of hydrogen-bond acceptors (Lipinski definition) is 4. The van der Waals surface area contributed by atoms with Crippen molar-refractivity contribution in [3.8, 4) is 0 Å². The molecule has 110 valence electrons. The fourth-order valence-electron chi connectivity index (χ4n) is 2.13. The van der Waals surface area contributed by atoms with Gasteiger partial charge in [0.2, 0.25) is 5.91 Å². The first-order chi connectivity index (χ1) is 9.15. The Hall–Kier alpha value is -1.66. The predicted molar refractivity (Wildman–Crippen MR) is 78.0 cm³/mol. The molecule has 1 saturated heterocycles. The molecule has 1 aliphatic rings. The molecule has 1 atom stereocenters. The van der Waals surface area contributed by atoms with Gasteiger partial charge < -0.3 is 10.6 Å². The first-order valence-electron chi connectivity index (χ1n) is 6.36. The normalized spacial score (nSPS) is 17.3. The van der Waals surface area contributed by atoms with E-state index in [1.165, 1.54) is 12.1 Å². The summed E-state index contributed by atoms with van der Waals surface area (Å²) in [4.78, 5) is 21.8. The van der Waals surface area contributed by atoms with E-state index in [1.54, 1.807) is 12.1 Å². The van der Waals surface area contributed by atoms with Crippen molar-refractivity contribution in [2.24, 2.45) is 5.92 Å². The molecule has 1 unspecified atom stereocenters. The Morgan fingerprint density at radius 3 is 2.65 bits per heavy atom. The van der Waals surface area contributed by atoms with Crippen LogP contribution in [0, 0.1) is 16.0 Å². The smallest absolute Gasteiger partial charge is 0.269 e. The van der Waals surface area contributed by atoms with Crippen molar-refractivity contribution < 1.29 is 9.72 Å². The third-order valence-electron chi connectivity index (χ3n) is 3.26. The van der Waals surface area contributed by atoms with Gasteiger partial charge in [0.15, 0.2) is 0 Å². The van der Waals surface area contributed by atoms with E-state index < -0.39 is 4.92 Å². The summed E-state index contributed by atoms with van der Waals surface area (Å²) in [6, 6.07) is 6.08. The number of benzene rings is 1. The predicted octanol–water partition coefficient (Wildman–Crippen LogP) is 1.28. The maximum absolute atomic E-state index is 11.7. The zero-order chi connectivity index (χ0) is 13.7. The standard InChI is InChI=1S/C13H17N3O3.ClH/c17-13(15-9-11-5-6-14-8-11)7-10-1-3-12(4-2-10)16(18)19;/h1-4,11,14H,5-9H2,(H,15,17);1H. The second-order valence-electron chi connectivity index (χ2n) is 4.76. The fraction of sp³-hybridized carbons (Fsp3) is 0.462. The highest BCUT2D eigenvalue weighted by Crippen LogP contribution is 2.12. The third kappa shape index (κ3) is 4.79. The molecular weight excluding hydrogens is 282 g/mol. The van der Waals surface area contributed by atoms with Crippen molar-refractivity contribution in [2.75, 3.05) is 19.6 Å². The molecule has 2 rings (SSSR count). The molecule has 1 aliphatic heterocycles. The number of non-ortho nitro benzene ring substituents is 1. The summed E-state index contributed by atoms with van der Waals surface area (Å²) in [6.07, 6.45) is 1.36. The lowest BCUT2D eigenvalue weighted by Gasteiger charge is -2.09. The van der Waals surface area contributed by atoms with Gasteiger partial charge in [-0.05, 0) is 31.0 Å². The second kappa shape index (κ2) is 7.81. The Bertz CT molecular complexity index is 458. The largest absolute Gasteiger partial charge is 0.355 e. The topological polar surface area (TPSA) is 84.3 Å². The van der Waals surface area contributed by atoms with Gasteiger partial charge in [0, 0.05) is 18.7 Å². The number of nitro benzene ring substituents is 1. The molecule has 20 heavy (non-hydrogen) atoms. The summed E-state index contributed by atoms with van der Waals surface area (Å²) in [6.45, 7) is 2.67. The molecule has 1 aromatic rings. The Morgan fingerprint density at radius 2 is 2.10 bits per heavy atom. The highest BCUT2D eigenvalue weighted by atomic mass is 35.5. The first-order valence-corrected chi connectivity index (χ1v) is 6.36. The lowest BCUT2D eigenvalue weighted by molar-refractivity contribution is -0.384. The molecule has 1 fully saturated rings. The van der Waals surface area contributed by atoms with Gasteiger partial charge in [-0.3, -0.25) is 14.9 Å². The lowest BCUT2D eigenvalue weighted by atomic mass is 10.1. The molecule has 0 aliphatic carbocycles. The Labute approximate surface area is 123 Å². The maximum Gasteiger partial charge on any atom is 0.269 e. The number of rotatable bonds is 5. The van der Waals surface area contributed by atoms with Crippen molar-refractivity contribution in [1.82, 2.24) is 10.6 Å². The van der Waals surface area contributed by atoms with Crippen molar-refractivity contribution >= 4 is 24.0 Å². The number of amides is 1. The number of nitrogens with one attached hydrogen (secondary N) is 2. The lowest BCUT2D eigenvalue weighted by Crippen LogP contribution is -2.31. The average molecular weight is 300 g/mol. The van der Waals surface area contributed by atoms with E-state index >= 15 is 0 Å². The van der Waals surface area contributed by atoms with Crippen LogP contribution in [0.1, 0.15) is 12.0 Å². The van der Waals surface area contributed by atoms with Gasteiger partial charge >= 0.3 is 0 Å². The molecule has 2 N–H and O–H groups in total. The monoisotopic (exact) mass is 299 g/mol. The quantitative estimate of drug-likeness (QED) is 0.634. The van der Waals surface area contributed by atoms with E-state index in [4.69, 9.17) is 0 Å². The number of nitrogens with zero attached hydrogens (tertiary/aromatic N) is 1. The zero-order valence-electron chi connectivity index (χ0n) is 11.0. The number of nitro groups is 1. The molecular formula is C13H18ClN3O3. The van der Waals surface area contributed by atoms with Crippen molar-refractivity contribution in [3.05, 3.63) is 39.9 Å². The van der Waals surface area contributed by atoms with E-state index in [0.29, 0.717) is 12.5 Å². The highest BCUT2D eigenvalue weighted by molar-refractivity contribution is 5.85. The van der Waals surface area contributed by atoms with Crippen molar-refractivity contribution in [3.63, 3.8) is 0 Å². The van der Waals surface area contributed by atoms with Gasteiger partial charge in [-0.1, -0.05) is 12.1 Å². The molecule has 6 nitrogen and oxygen atoms in total. The van der Waals surface area contributed by atoms with Gasteiger partial charge in [0.05, 0.1) is 11.3 Å². The van der Waals surface area contributed by atoms with Gasteiger partial charge in [-0.25, -0.2) is 0 Å². The molecule has 1 amide bonds. The van der Waals surface area contributed by atoms with E-state index in [0.717, 1.165) is 25.1 Å². The number of carbonyl (C=O) groups excluding carboxylic acids is 1. The summed E-state index contributed by atoms with van der Waals surface area (Å²) >= 11 is 0. The van der Waals surface area contributed by atoms with Crippen LogP contribution in [0.4, 0.5) is 5.69 Å². The summed E-state index contributed by atoms with van der Waals surface area (Å²) in [5, 5.41) is 16.6. The first kappa shape index (κ1) is 16.4. The number of halogens is 1. The Morgan fingerprint density at radius 1 is 1.40 bits per heavy atom. The maximum atomic E-state index is 11.7. The van der Waals surface area contributed by atoms with Gasteiger partial charge in [0.1, 0.15) is 0 Å². The Balaban J connectivity index is 0.00000200. The molecule has 1 aromatic carbocycles. The summed E-state index contributed by atoms with van der Waals surface area (Å²) < 4.78 is 0. The molecule has 0 bridgehead atoms. The van der Waals surface area contributed by atoms with Gasteiger partial charge in [-0.15, -0.1) is 12.4 Å². The SMILES string of the molecule is Cl.O=C(Cc1ccc([N+](=O)[O-])cc1)NCC1CCNC1. The minimum atomic E-state index is -0.447. The van der Waals surface area contributed by atoms with Crippen LogP contribution < -0.4 is 10.6 Å². The van der Waals surface area contributed by atoms with Crippen LogP contribution in [0.2, 0.25) is 0 Å². The Kier molecular flexibility index (Phi) is 6.41. The molecule has 0 aromatic heterocycles. The summed E-state index contributed by atoms with van der Waals surface area (Å²) in [7, 11) is 0. The number of carbonyl (C=O) groups is 1. The van der Waals surface area contributed by atoms with E-state index in [9.17, 15) is 14.9 Å². The second-order valence-corrected chi connectivity index (χ2v) is 4.76. The van der Waals surface area contributed by atoms with Crippen molar-refractivity contribution in [2.45, 2.75) is 12.8 Å². The van der Waals surface area contributed by atoms with Crippen LogP contribution in [0.25, 0.3) is 0 Å². The third-order valence-corrected chi connectivity index (χ3v) is 3.26. The van der Waals surface area contributed by atoms with E-state index in [-0.39, 0.29) is 30.4 Å². The van der Waals surface area contributed by atoms with Gasteiger partial charge in [-0.2, -0.15) is 0 Å². The fourth-order valence-corrected chi connectivity index (χ4v) is 2.13. The molecule has 0 saturated carbocycles. The van der Waals surface area contributed by atoms with Crippen LogP contribution >= 0.6 is 12.4 Å².